The molecule has 2 aliphatic rings. The number of aliphatic hydroxyl groups excluding tert-OH is 1. The maximum Gasteiger partial charge on any atom is 0.260 e. The second-order valence-electron chi connectivity index (χ2n) is 5.65. The Kier molecular flexibility index (Phi) is 3.92. The van der Waals surface area contributed by atoms with Crippen molar-refractivity contribution in [3.8, 4) is 5.75 Å². The number of aryl methyl sites for hydroxylation is 1. The van der Waals surface area contributed by atoms with Crippen LogP contribution >= 0.6 is 0 Å². The molecule has 4 nitrogen and oxygen atoms in total. The molecule has 1 aliphatic carbocycles. The third-order valence-corrected chi connectivity index (χ3v) is 4.23. The summed E-state index contributed by atoms with van der Waals surface area (Å²) in [7, 11) is 0. The Labute approximate surface area is 119 Å². The summed E-state index contributed by atoms with van der Waals surface area (Å²) in [6.45, 7) is 1.83. The number of fused-ring (bicyclic) bond motifs is 1. The largest absolute Gasteiger partial charge is 0.484 e. The fourth-order valence-corrected chi connectivity index (χ4v) is 3.04. The van der Waals surface area contributed by atoms with Crippen LogP contribution in [0.5, 0.6) is 5.75 Å². The van der Waals surface area contributed by atoms with Gasteiger partial charge in [-0.3, -0.25) is 4.79 Å². The van der Waals surface area contributed by atoms with Gasteiger partial charge in [0.2, 0.25) is 0 Å². The minimum atomic E-state index is -0.339. The third-order valence-electron chi connectivity index (χ3n) is 4.23. The zero-order valence-electron chi connectivity index (χ0n) is 11.7. The summed E-state index contributed by atoms with van der Waals surface area (Å²) in [6.07, 6.45) is 4.75. The molecule has 1 fully saturated rings. The summed E-state index contributed by atoms with van der Waals surface area (Å²) in [5, 5.41) is 9.76. The van der Waals surface area contributed by atoms with Crippen LogP contribution in [-0.4, -0.2) is 35.6 Å². The molecule has 0 aromatic heterocycles. The maximum absolute atomic E-state index is 12.0. The van der Waals surface area contributed by atoms with Crippen LogP contribution in [0.15, 0.2) is 18.2 Å². The monoisotopic (exact) mass is 275 g/mol. The smallest absolute Gasteiger partial charge is 0.260 e. The van der Waals surface area contributed by atoms with Crippen molar-refractivity contribution >= 4 is 5.91 Å². The highest BCUT2D eigenvalue weighted by Crippen LogP contribution is 2.33. The number of hydrogen-bond donors (Lipinski definition) is 1. The van der Waals surface area contributed by atoms with Crippen molar-refractivity contribution in [3.05, 3.63) is 29.3 Å². The Morgan fingerprint density at radius 1 is 1.30 bits per heavy atom. The van der Waals surface area contributed by atoms with Gasteiger partial charge in [-0.15, -0.1) is 0 Å². The Morgan fingerprint density at radius 2 is 2.10 bits per heavy atom. The van der Waals surface area contributed by atoms with Gasteiger partial charge < -0.3 is 14.7 Å². The van der Waals surface area contributed by atoms with Gasteiger partial charge in [0.1, 0.15) is 5.75 Å². The standard InChI is InChI=1S/C16H21NO3/c18-15-7-4-12-10-13(5-6-14(12)15)20-11-16(19)17-8-2-1-3-9-17/h5-6,10,15,18H,1-4,7-9,11H2/t15-/m1/s1. The summed E-state index contributed by atoms with van der Waals surface area (Å²) < 4.78 is 5.61. The molecule has 20 heavy (non-hydrogen) atoms. The second-order valence-corrected chi connectivity index (χ2v) is 5.65. The lowest BCUT2D eigenvalue weighted by Gasteiger charge is -2.26. The summed E-state index contributed by atoms with van der Waals surface area (Å²) in [4.78, 5) is 13.9. The van der Waals surface area contributed by atoms with E-state index < -0.39 is 0 Å². The van der Waals surface area contributed by atoms with Crippen LogP contribution in [0.25, 0.3) is 0 Å². The molecule has 0 radical (unpaired) electrons. The van der Waals surface area contributed by atoms with E-state index in [1.165, 1.54) is 6.42 Å². The van der Waals surface area contributed by atoms with Crippen LogP contribution < -0.4 is 4.74 Å². The highest BCUT2D eigenvalue weighted by molar-refractivity contribution is 5.77. The van der Waals surface area contributed by atoms with Crippen LogP contribution in [0.2, 0.25) is 0 Å². The number of ether oxygens (including phenoxy) is 1. The highest BCUT2D eigenvalue weighted by atomic mass is 16.5. The second kappa shape index (κ2) is 5.83. The Bertz CT molecular complexity index is 494. The van der Waals surface area contributed by atoms with Crippen LogP contribution in [0.1, 0.15) is 42.9 Å². The van der Waals surface area contributed by atoms with Gasteiger partial charge in [-0.05, 0) is 55.4 Å². The minimum absolute atomic E-state index is 0.0743. The first-order chi connectivity index (χ1) is 9.74. The van der Waals surface area contributed by atoms with Crippen LogP contribution in [0, 0.1) is 0 Å². The molecular formula is C16H21NO3. The molecule has 1 heterocycles. The van der Waals surface area contributed by atoms with Crippen molar-refractivity contribution in [2.75, 3.05) is 19.7 Å². The molecule has 1 amide bonds. The van der Waals surface area contributed by atoms with E-state index in [9.17, 15) is 9.90 Å². The number of aliphatic hydroxyl groups is 1. The molecule has 108 valence electrons. The summed E-state index contributed by atoms with van der Waals surface area (Å²) in [5.41, 5.74) is 2.14. The summed E-state index contributed by atoms with van der Waals surface area (Å²) >= 11 is 0. The topological polar surface area (TPSA) is 49.8 Å². The molecule has 1 atom stereocenters. The predicted molar refractivity (Wildman–Crippen MR) is 75.6 cm³/mol. The number of carbonyl (C=O) groups is 1. The third kappa shape index (κ3) is 2.80. The van der Waals surface area contributed by atoms with Crippen molar-refractivity contribution in [1.82, 2.24) is 4.90 Å². The molecule has 1 saturated heterocycles. The Balaban J connectivity index is 1.57. The van der Waals surface area contributed by atoms with E-state index in [0.29, 0.717) is 0 Å². The van der Waals surface area contributed by atoms with Crippen molar-refractivity contribution < 1.29 is 14.6 Å². The average molecular weight is 275 g/mol. The van der Waals surface area contributed by atoms with Crippen LogP contribution in [0.4, 0.5) is 0 Å². The Morgan fingerprint density at radius 3 is 2.90 bits per heavy atom. The molecule has 0 unspecified atom stereocenters. The fourth-order valence-electron chi connectivity index (χ4n) is 3.04. The predicted octanol–water partition coefficient (Wildman–Crippen LogP) is 2.06. The van der Waals surface area contributed by atoms with Crippen molar-refractivity contribution in [2.45, 2.75) is 38.2 Å². The molecule has 1 aromatic rings. The molecule has 1 N–H and O–H groups in total. The molecule has 1 aromatic carbocycles. The quantitative estimate of drug-likeness (QED) is 0.918. The lowest BCUT2D eigenvalue weighted by molar-refractivity contribution is -0.134. The van der Waals surface area contributed by atoms with Gasteiger partial charge in [-0.2, -0.15) is 0 Å². The first-order valence-electron chi connectivity index (χ1n) is 7.45. The van der Waals surface area contributed by atoms with E-state index in [0.717, 1.165) is 55.6 Å². The fraction of sp³-hybridized carbons (Fsp3) is 0.562. The normalized spacial score (nSPS) is 21.6. The molecule has 4 heteroatoms. The highest BCUT2D eigenvalue weighted by Gasteiger charge is 2.21. The zero-order chi connectivity index (χ0) is 13.9. The average Bonchev–Trinajstić information content (AvgIpc) is 2.87. The van der Waals surface area contributed by atoms with Crippen LogP contribution in [-0.2, 0) is 11.2 Å². The van der Waals surface area contributed by atoms with Crippen LogP contribution in [0.3, 0.4) is 0 Å². The Hall–Kier alpha value is -1.55. The van der Waals surface area contributed by atoms with Crippen molar-refractivity contribution in [2.24, 2.45) is 0 Å². The van der Waals surface area contributed by atoms with E-state index in [-0.39, 0.29) is 18.6 Å². The van der Waals surface area contributed by atoms with E-state index in [2.05, 4.69) is 0 Å². The SMILES string of the molecule is O=C(COc1ccc2c(c1)CC[C@H]2O)N1CCCCC1. The lowest BCUT2D eigenvalue weighted by atomic mass is 10.1. The van der Waals surface area contributed by atoms with E-state index in [1.807, 2.05) is 23.1 Å². The number of piperidine rings is 1. The van der Waals surface area contributed by atoms with Gasteiger partial charge in [0.05, 0.1) is 6.10 Å². The maximum atomic E-state index is 12.0. The molecule has 0 bridgehead atoms. The molecule has 3 rings (SSSR count). The number of amides is 1. The van der Waals surface area contributed by atoms with Gasteiger partial charge in [-0.1, -0.05) is 6.07 Å². The number of benzene rings is 1. The molecular weight excluding hydrogens is 254 g/mol. The molecule has 0 spiro atoms. The number of carbonyl (C=O) groups excluding carboxylic acids is 1. The van der Waals surface area contributed by atoms with Gasteiger partial charge >= 0.3 is 0 Å². The number of rotatable bonds is 3. The molecule has 1 aliphatic heterocycles. The van der Waals surface area contributed by atoms with Gasteiger partial charge in [-0.25, -0.2) is 0 Å². The number of hydrogen-bond acceptors (Lipinski definition) is 3. The van der Waals surface area contributed by atoms with Crippen molar-refractivity contribution in [1.29, 1.82) is 0 Å². The summed E-state index contributed by atoms with van der Waals surface area (Å²) in [5.74, 6) is 0.799. The minimum Gasteiger partial charge on any atom is -0.484 e. The van der Waals surface area contributed by atoms with Gasteiger partial charge in [0.15, 0.2) is 6.61 Å². The lowest BCUT2D eigenvalue weighted by Crippen LogP contribution is -2.38. The van der Waals surface area contributed by atoms with E-state index in [4.69, 9.17) is 4.74 Å². The number of likely N-dealkylation sites (tertiary alicyclic amines) is 1. The first-order valence-corrected chi connectivity index (χ1v) is 7.45. The van der Waals surface area contributed by atoms with Crippen molar-refractivity contribution in [3.63, 3.8) is 0 Å². The van der Waals surface area contributed by atoms with Gasteiger partial charge in [0.25, 0.3) is 5.91 Å². The first kappa shape index (κ1) is 13.4. The summed E-state index contributed by atoms with van der Waals surface area (Å²) in [6, 6.07) is 5.71. The number of nitrogens with zero attached hydrogens (tertiary/aromatic N) is 1. The van der Waals surface area contributed by atoms with E-state index >= 15 is 0 Å². The zero-order valence-corrected chi connectivity index (χ0v) is 11.7. The van der Waals surface area contributed by atoms with E-state index in [1.54, 1.807) is 0 Å². The van der Waals surface area contributed by atoms with Gasteiger partial charge in [0, 0.05) is 13.1 Å². The molecule has 0 saturated carbocycles.